The van der Waals surface area contributed by atoms with Crippen LogP contribution in [0.25, 0.3) is 0 Å². The van der Waals surface area contributed by atoms with Crippen LogP contribution in [0.4, 0.5) is 9.93 Å². The highest BCUT2D eigenvalue weighted by molar-refractivity contribution is 7.15. The van der Waals surface area contributed by atoms with Gasteiger partial charge >= 0.3 is 6.03 Å². The number of amides is 3. The lowest BCUT2D eigenvalue weighted by molar-refractivity contribution is -0.131. The predicted molar refractivity (Wildman–Crippen MR) is 74.4 cm³/mol. The summed E-state index contributed by atoms with van der Waals surface area (Å²) in [6, 6.07) is -0.308. The van der Waals surface area contributed by atoms with Crippen molar-refractivity contribution in [1.82, 2.24) is 20.4 Å². The quantitative estimate of drug-likeness (QED) is 0.818. The molecule has 1 saturated carbocycles. The first-order valence-corrected chi connectivity index (χ1v) is 7.66. The Kier molecular flexibility index (Phi) is 3.33. The van der Waals surface area contributed by atoms with Crippen LogP contribution in [0.5, 0.6) is 0 Å². The van der Waals surface area contributed by atoms with E-state index in [4.69, 9.17) is 0 Å². The molecule has 0 atom stereocenters. The number of hydrogen-bond donors (Lipinski definition) is 2. The van der Waals surface area contributed by atoms with Crippen LogP contribution >= 0.6 is 11.3 Å². The van der Waals surface area contributed by atoms with Crippen LogP contribution in [0, 0.1) is 0 Å². The van der Waals surface area contributed by atoms with Gasteiger partial charge in [-0.2, -0.15) is 0 Å². The molecule has 1 spiro atoms. The Hall–Kier alpha value is -1.70. The van der Waals surface area contributed by atoms with E-state index in [1.807, 2.05) is 6.92 Å². The van der Waals surface area contributed by atoms with E-state index in [0.29, 0.717) is 10.1 Å². The van der Waals surface area contributed by atoms with E-state index in [2.05, 4.69) is 20.8 Å². The third kappa shape index (κ3) is 2.13. The molecule has 0 radical (unpaired) electrons. The monoisotopic (exact) mass is 295 g/mol. The lowest BCUT2D eigenvalue weighted by Gasteiger charge is -2.19. The smallest absolute Gasteiger partial charge is 0.325 e. The second-order valence-corrected chi connectivity index (χ2v) is 6.20. The van der Waals surface area contributed by atoms with E-state index < -0.39 is 5.54 Å². The standard InChI is InChI=1S/C12H17N5O2S/c1-2-13-10-16-15-8(20-10)7-17-9(18)12(14-11(17)19)5-3-4-6-12/h2-7H2,1H3,(H,13,16)(H,14,19). The first-order valence-electron chi connectivity index (χ1n) is 6.85. The summed E-state index contributed by atoms with van der Waals surface area (Å²) >= 11 is 1.37. The van der Waals surface area contributed by atoms with E-state index in [-0.39, 0.29) is 18.5 Å². The second kappa shape index (κ2) is 5.01. The number of urea groups is 1. The number of nitrogens with one attached hydrogen (secondary N) is 2. The fourth-order valence-electron chi connectivity index (χ4n) is 2.81. The molecule has 2 fully saturated rings. The van der Waals surface area contributed by atoms with E-state index in [1.54, 1.807) is 0 Å². The maximum atomic E-state index is 12.5. The Morgan fingerprint density at radius 3 is 2.80 bits per heavy atom. The van der Waals surface area contributed by atoms with Gasteiger partial charge in [-0.3, -0.25) is 9.69 Å². The molecule has 3 amide bonds. The van der Waals surface area contributed by atoms with Crippen LogP contribution in [-0.4, -0.2) is 39.1 Å². The van der Waals surface area contributed by atoms with Crippen LogP contribution in [0.1, 0.15) is 37.6 Å². The first kappa shape index (κ1) is 13.3. The van der Waals surface area contributed by atoms with Crippen LogP contribution in [0.3, 0.4) is 0 Å². The Labute approximate surface area is 120 Å². The van der Waals surface area contributed by atoms with Crippen molar-refractivity contribution in [3.8, 4) is 0 Å². The van der Waals surface area contributed by atoms with Gasteiger partial charge < -0.3 is 10.6 Å². The van der Waals surface area contributed by atoms with Crippen molar-refractivity contribution in [2.45, 2.75) is 44.7 Å². The molecule has 2 aliphatic rings. The molecule has 0 unspecified atom stereocenters. The molecule has 1 aliphatic carbocycles. The van der Waals surface area contributed by atoms with Crippen LogP contribution < -0.4 is 10.6 Å². The van der Waals surface area contributed by atoms with E-state index in [9.17, 15) is 9.59 Å². The minimum atomic E-state index is -0.647. The number of rotatable bonds is 4. The lowest BCUT2D eigenvalue weighted by atomic mass is 9.98. The van der Waals surface area contributed by atoms with Gasteiger partial charge in [0.1, 0.15) is 10.5 Å². The maximum Gasteiger partial charge on any atom is 0.325 e. The van der Waals surface area contributed by atoms with E-state index in [1.165, 1.54) is 16.2 Å². The molecular formula is C12H17N5O2S. The lowest BCUT2D eigenvalue weighted by Crippen LogP contribution is -2.44. The summed E-state index contributed by atoms with van der Waals surface area (Å²) in [6.45, 7) is 2.94. The summed E-state index contributed by atoms with van der Waals surface area (Å²) in [4.78, 5) is 25.7. The van der Waals surface area contributed by atoms with Crippen molar-refractivity contribution in [1.29, 1.82) is 0 Å². The van der Waals surface area contributed by atoms with Gasteiger partial charge in [0.2, 0.25) is 5.13 Å². The maximum absolute atomic E-state index is 12.5. The second-order valence-electron chi connectivity index (χ2n) is 5.14. The zero-order valence-corrected chi connectivity index (χ0v) is 12.1. The molecular weight excluding hydrogens is 278 g/mol. The van der Waals surface area contributed by atoms with Crippen molar-refractivity contribution < 1.29 is 9.59 Å². The van der Waals surface area contributed by atoms with Crippen molar-refractivity contribution in [2.75, 3.05) is 11.9 Å². The molecule has 1 aliphatic heterocycles. The van der Waals surface area contributed by atoms with Crippen molar-refractivity contribution in [3.63, 3.8) is 0 Å². The van der Waals surface area contributed by atoms with E-state index in [0.717, 1.165) is 32.2 Å². The molecule has 8 heteroatoms. The SMILES string of the molecule is CCNc1nnc(CN2C(=O)NC3(CCCC3)C2=O)s1. The molecule has 0 aromatic carbocycles. The molecule has 2 heterocycles. The summed E-state index contributed by atoms with van der Waals surface area (Å²) in [5, 5.41) is 15.3. The number of carbonyl (C=O) groups is 2. The van der Waals surface area contributed by atoms with Crippen molar-refractivity contribution >= 4 is 28.4 Å². The predicted octanol–water partition coefficient (Wildman–Crippen LogP) is 1.33. The zero-order chi connectivity index (χ0) is 14.2. The minimum Gasteiger partial charge on any atom is -0.360 e. The Morgan fingerprint density at radius 2 is 2.10 bits per heavy atom. The fourth-order valence-corrected chi connectivity index (χ4v) is 3.61. The van der Waals surface area contributed by atoms with Crippen LogP contribution in [0.2, 0.25) is 0 Å². The molecule has 20 heavy (non-hydrogen) atoms. The molecule has 1 saturated heterocycles. The molecule has 1 aromatic heterocycles. The van der Waals surface area contributed by atoms with Crippen LogP contribution in [0.15, 0.2) is 0 Å². The van der Waals surface area contributed by atoms with Gasteiger partial charge in [0, 0.05) is 6.54 Å². The third-order valence-corrected chi connectivity index (χ3v) is 4.66. The number of imide groups is 1. The highest BCUT2D eigenvalue weighted by Crippen LogP contribution is 2.35. The van der Waals surface area contributed by atoms with Gasteiger partial charge in [0.15, 0.2) is 0 Å². The normalized spacial score (nSPS) is 20.8. The molecule has 108 valence electrons. The summed E-state index contributed by atoms with van der Waals surface area (Å²) in [5.74, 6) is -0.111. The van der Waals surface area contributed by atoms with Crippen molar-refractivity contribution in [3.05, 3.63) is 5.01 Å². The number of hydrogen-bond acceptors (Lipinski definition) is 6. The molecule has 1 aromatic rings. The van der Waals surface area contributed by atoms with Crippen molar-refractivity contribution in [2.24, 2.45) is 0 Å². The highest BCUT2D eigenvalue weighted by Gasteiger charge is 2.52. The van der Waals surface area contributed by atoms with E-state index >= 15 is 0 Å². The first-order chi connectivity index (χ1) is 9.64. The van der Waals surface area contributed by atoms with Gasteiger partial charge in [0.05, 0.1) is 6.54 Å². The largest absolute Gasteiger partial charge is 0.360 e. The van der Waals surface area contributed by atoms with Gasteiger partial charge in [-0.15, -0.1) is 10.2 Å². The zero-order valence-electron chi connectivity index (χ0n) is 11.3. The number of carbonyl (C=O) groups excluding carboxylic acids is 2. The summed E-state index contributed by atoms with van der Waals surface area (Å²) in [5.41, 5.74) is -0.647. The van der Waals surface area contributed by atoms with Gasteiger partial charge in [-0.1, -0.05) is 24.2 Å². The third-order valence-electron chi connectivity index (χ3n) is 3.79. The van der Waals surface area contributed by atoms with Gasteiger partial charge in [-0.05, 0) is 19.8 Å². The Morgan fingerprint density at radius 1 is 1.35 bits per heavy atom. The van der Waals surface area contributed by atoms with Gasteiger partial charge in [0.25, 0.3) is 5.91 Å². The average molecular weight is 295 g/mol. The fraction of sp³-hybridized carbons (Fsp3) is 0.667. The summed E-state index contributed by atoms with van der Waals surface area (Å²) < 4.78 is 0. The molecule has 0 bridgehead atoms. The Bertz CT molecular complexity index is 538. The highest BCUT2D eigenvalue weighted by atomic mass is 32.1. The number of nitrogens with zero attached hydrogens (tertiary/aromatic N) is 3. The topological polar surface area (TPSA) is 87.2 Å². The molecule has 2 N–H and O–H groups in total. The van der Waals surface area contributed by atoms with Crippen LogP contribution in [-0.2, 0) is 11.3 Å². The molecule has 3 rings (SSSR count). The Balaban J connectivity index is 1.73. The van der Waals surface area contributed by atoms with Gasteiger partial charge in [-0.25, -0.2) is 4.79 Å². The number of anilines is 1. The summed E-state index contributed by atoms with van der Waals surface area (Å²) in [6.07, 6.45) is 3.46. The number of aromatic nitrogens is 2. The molecule has 7 nitrogen and oxygen atoms in total. The average Bonchev–Trinajstić information content (AvgIpc) is 3.10. The summed E-state index contributed by atoms with van der Waals surface area (Å²) in [7, 11) is 0. The minimum absolute atomic E-state index is 0.111.